The molecule has 1 aromatic carbocycles. The van der Waals surface area contributed by atoms with Crippen molar-refractivity contribution in [2.45, 2.75) is 6.92 Å². The van der Waals surface area contributed by atoms with Crippen LogP contribution in [0.4, 0.5) is 11.4 Å². The lowest BCUT2D eigenvalue weighted by atomic mass is 10.3. The molecule has 116 valence electrons. The fraction of sp³-hybridized carbons (Fsp3) is 0.308. The summed E-state index contributed by atoms with van der Waals surface area (Å²) in [4.78, 5) is 14.2. The van der Waals surface area contributed by atoms with Crippen LogP contribution in [0.3, 0.4) is 0 Å². The molecule has 0 atom stereocenters. The topological polar surface area (TPSA) is 106 Å². The maximum absolute atomic E-state index is 10.5. The van der Waals surface area contributed by atoms with Crippen LogP contribution in [0.5, 0.6) is 0 Å². The smallest absolute Gasteiger partial charge is 0.269 e. The molecule has 0 saturated carbocycles. The summed E-state index contributed by atoms with van der Waals surface area (Å²) in [7, 11) is 0. The van der Waals surface area contributed by atoms with Crippen molar-refractivity contribution in [1.82, 2.24) is 5.32 Å². The van der Waals surface area contributed by atoms with E-state index in [-0.39, 0.29) is 29.7 Å². The van der Waals surface area contributed by atoms with Crippen molar-refractivity contribution in [3.05, 3.63) is 46.5 Å². The molecule has 1 aromatic rings. The molecule has 0 aliphatic rings. The van der Waals surface area contributed by atoms with Crippen LogP contribution in [-0.2, 0) is 0 Å². The SMILES string of the molecule is C=C(C)CN=C(N)NCCNc1ccc([N+](=O)[O-])cc1.I. The van der Waals surface area contributed by atoms with Gasteiger partial charge in [0.25, 0.3) is 5.69 Å². The number of anilines is 1. The first-order valence-corrected chi connectivity index (χ1v) is 6.15. The van der Waals surface area contributed by atoms with E-state index < -0.39 is 4.92 Å². The maximum atomic E-state index is 10.5. The molecule has 0 spiro atoms. The van der Waals surface area contributed by atoms with Crippen LogP contribution in [0.25, 0.3) is 0 Å². The molecular formula is C13H20IN5O2. The number of hydrogen-bond acceptors (Lipinski definition) is 4. The van der Waals surface area contributed by atoms with E-state index in [0.29, 0.717) is 25.6 Å². The third-order valence-electron chi connectivity index (χ3n) is 2.36. The molecule has 7 nitrogen and oxygen atoms in total. The van der Waals surface area contributed by atoms with Gasteiger partial charge in [-0.2, -0.15) is 0 Å². The highest BCUT2D eigenvalue weighted by atomic mass is 127. The van der Waals surface area contributed by atoms with E-state index in [1.165, 1.54) is 12.1 Å². The summed E-state index contributed by atoms with van der Waals surface area (Å²) in [6, 6.07) is 6.24. The van der Waals surface area contributed by atoms with Gasteiger partial charge in [-0.25, -0.2) is 4.99 Å². The Labute approximate surface area is 140 Å². The number of halogens is 1. The first kappa shape index (κ1) is 19.2. The first-order chi connectivity index (χ1) is 9.49. The Balaban J connectivity index is 0.00000400. The molecule has 0 unspecified atom stereocenters. The number of aliphatic imine (C=N–C) groups is 1. The van der Waals surface area contributed by atoms with Crippen molar-refractivity contribution in [2.24, 2.45) is 10.7 Å². The van der Waals surface area contributed by atoms with Crippen molar-refractivity contribution in [3.63, 3.8) is 0 Å². The minimum absolute atomic E-state index is 0. The van der Waals surface area contributed by atoms with E-state index in [1.807, 2.05) is 6.92 Å². The Bertz CT molecular complexity index is 502. The van der Waals surface area contributed by atoms with Crippen molar-refractivity contribution in [1.29, 1.82) is 0 Å². The van der Waals surface area contributed by atoms with Crippen LogP contribution < -0.4 is 16.4 Å². The van der Waals surface area contributed by atoms with Gasteiger partial charge >= 0.3 is 0 Å². The van der Waals surface area contributed by atoms with E-state index in [1.54, 1.807) is 12.1 Å². The number of nitrogens with zero attached hydrogens (tertiary/aromatic N) is 2. The van der Waals surface area contributed by atoms with Crippen LogP contribution in [0.1, 0.15) is 6.92 Å². The third-order valence-corrected chi connectivity index (χ3v) is 2.36. The Morgan fingerprint density at radius 2 is 2.00 bits per heavy atom. The molecule has 0 radical (unpaired) electrons. The van der Waals surface area contributed by atoms with Crippen molar-refractivity contribution in [2.75, 3.05) is 25.0 Å². The molecule has 0 heterocycles. The number of nitro groups is 1. The number of rotatable bonds is 7. The minimum Gasteiger partial charge on any atom is -0.383 e. The number of nitro benzene ring substituents is 1. The second-order valence-corrected chi connectivity index (χ2v) is 4.32. The summed E-state index contributed by atoms with van der Waals surface area (Å²) in [5.41, 5.74) is 7.48. The van der Waals surface area contributed by atoms with Gasteiger partial charge in [0.2, 0.25) is 0 Å². The summed E-state index contributed by atoms with van der Waals surface area (Å²) in [6.07, 6.45) is 0. The minimum atomic E-state index is -0.426. The molecule has 8 heteroatoms. The van der Waals surface area contributed by atoms with Crippen molar-refractivity contribution < 1.29 is 4.92 Å². The number of nitrogens with one attached hydrogen (secondary N) is 2. The number of nitrogens with two attached hydrogens (primary N) is 1. The number of hydrogen-bond donors (Lipinski definition) is 3. The van der Waals surface area contributed by atoms with E-state index in [9.17, 15) is 10.1 Å². The Morgan fingerprint density at radius 1 is 1.38 bits per heavy atom. The Hall–Kier alpha value is -1.84. The monoisotopic (exact) mass is 405 g/mol. The van der Waals surface area contributed by atoms with Gasteiger partial charge in [0, 0.05) is 30.9 Å². The van der Waals surface area contributed by atoms with Crippen molar-refractivity contribution in [3.8, 4) is 0 Å². The predicted molar refractivity (Wildman–Crippen MR) is 96.3 cm³/mol. The summed E-state index contributed by atoms with van der Waals surface area (Å²) in [5.74, 6) is 0.374. The molecule has 21 heavy (non-hydrogen) atoms. The van der Waals surface area contributed by atoms with Crippen LogP contribution in [-0.4, -0.2) is 30.5 Å². The first-order valence-electron chi connectivity index (χ1n) is 6.15. The van der Waals surface area contributed by atoms with Gasteiger partial charge in [-0.05, 0) is 19.1 Å². The number of benzene rings is 1. The quantitative estimate of drug-likeness (QED) is 0.123. The molecule has 0 aromatic heterocycles. The lowest BCUT2D eigenvalue weighted by Crippen LogP contribution is -2.35. The van der Waals surface area contributed by atoms with Crippen LogP contribution in [0.15, 0.2) is 41.4 Å². The maximum Gasteiger partial charge on any atom is 0.269 e. The summed E-state index contributed by atoms with van der Waals surface area (Å²) < 4.78 is 0. The van der Waals surface area contributed by atoms with Crippen molar-refractivity contribution >= 4 is 41.3 Å². The average Bonchev–Trinajstić information content (AvgIpc) is 2.42. The van der Waals surface area contributed by atoms with E-state index >= 15 is 0 Å². The highest BCUT2D eigenvalue weighted by Gasteiger charge is 2.03. The molecule has 0 aliphatic carbocycles. The standard InChI is InChI=1S/C13H19N5O2.HI/c1-10(2)9-17-13(14)16-8-7-15-11-3-5-12(6-4-11)18(19)20;/h3-6,15H,1,7-9H2,2H3,(H3,14,16,17);1H. The van der Waals surface area contributed by atoms with E-state index in [0.717, 1.165) is 11.3 Å². The van der Waals surface area contributed by atoms with Crippen LogP contribution in [0.2, 0.25) is 0 Å². The second-order valence-electron chi connectivity index (χ2n) is 4.32. The van der Waals surface area contributed by atoms with Crippen LogP contribution >= 0.6 is 24.0 Å². The van der Waals surface area contributed by atoms with Gasteiger partial charge in [0.1, 0.15) is 0 Å². The molecule has 0 aliphatic heterocycles. The zero-order valence-electron chi connectivity index (χ0n) is 11.8. The van der Waals surface area contributed by atoms with Gasteiger partial charge in [-0.3, -0.25) is 10.1 Å². The second kappa shape index (κ2) is 9.97. The summed E-state index contributed by atoms with van der Waals surface area (Å²) >= 11 is 0. The zero-order chi connectivity index (χ0) is 15.0. The predicted octanol–water partition coefficient (Wildman–Crippen LogP) is 2.11. The molecular weight excluding hydrogens is 385 g/mol. The summed E-state index contributed by atoms with van der Waals surface area (Å²) in [6.45, 7) is 7.35. The molecule has 0 bridgehead atoms. The van der Waals surface area contributed by atoms with Gasteiger partial charge in [0.05, 0.1) is 11.5 Å². The molecule has 1 rings (SSSR count). The van der Waals surface area contributed by atoms with Gasteiger partial charge < -0.3 is 16.4 Å². The van der Waals surface area contributed by atoms with E-state index in [2.05, 4.69) is 22.2 Å². The fourth-order valence-electron chi connectivity index (χ4n) is 1.37. The average molecular weight is 405 g/mol. The van der Waals surface area contributed by atoms with Gasteiger partial charge in [0.15, 0.2) is 5.96 Å². The highest BCUT2D eigenvalue weighted by molar-refractivity contribution is 14.0. The summed E-state index contributed by atoms with van der Waals surface area (Å²) in [5, 5.41) is 16.6. The Kier molecular flexibility index (Phi) is 9.10. The van der Waals surface area contributed by atoms with Gasteiger partial charge in [-0.15, -0.1) is 24.0 Å². The van der Waals surface area contributed by atoms with Gasteiger partial charge in [-0.1, -0.05) is 12.2 Å². The number of non-ortho nitro benzene ring substituents is 1. The molecule has 0 amide bonds. The Morgan fingerprint density at radius 3 is 2.52 bits per heavy atom. The zero-order valence-corrected chi connectivity index (χ0v) is 14.2. The third kappa shape index (κ3) is 8.12. The largest absolute Gasteiger partial charge is 0.383 e. The highest BCUT2D eigenvalue weighted by Crippen LogP contribution is 2.14. The lowest BCUT2D eigenvalue weighted by Gasteiger charge is -2.08. The molecule has 0 saturated heterocycles. The van der Waals surface area contributed by atoms with E-state index in [4.69, 9.17) is 5.73 Å². The van der Waals surface area contributed by atoms with Crippen LogP contribution in [0, 0.1) is 10.1 Å². The molecule has 0 fully saturated rings. The lowest BCUT2D eigenvalue weighted by molar-refractivity contribution is -0.384. The fourth-order valence-corrected chi connectivity index (χ4v) is 1.37. The normalized spacial score (nSPS) is 10.4. The molecule has 4 N–H and O–H groups in total. The number of guanidine groups is 1.